The number of halogens is 3. The van der Waals surface area contributed by atoms with E-state index in [1.807, 2.05) is 49.0 Å². The maximum atomic E-state index is 13.1. The molecule has 4 rings (SSSR count). The number of hydrogen-bond donors (Lipinski definition) is 0. The molecule has 2 nitrogen and oxygen atoms in total. The molecule has 0 aliphatic carbocycles. The third-order valence-corrected chi connectivity index (χ3v) is 9.01. The van der Waals surface area contributed by atoms with Crippen LogP contribution in [0.2, 0.25) is 0 Å². The summed E-state index contributed by atoms with van der Waals surface area (Å²) in [6.45, 7) is 6.99. The summed E-state index contributed by atoms with van der Waals surface area (Å²) in [6, 6.07) is 26.9. The van der Waals surface area contributed by atoms with Gasteiger partial charge in [0, 0.05) is 16.0 Å². The van der Waals surface area contributed by atoms with Gasteiger partial charge in [0.1, 0.15) is 14.2 Å². The summed E-state index contributed by atoms with van der Waals surface area (Å²) < 4.78 is 4.64. The molecular formula is C25H24I3NOS2Si. The van der Waals surface area contributed by atoms with Gasteiger partial charge in [-0.1, -0.05) is 103 Å². The first-order valence-electron chi connectivity index (χ1n) is 10.2. The normalized spacial score (nSPS) is 11.3. The molecule has 0 saturated heterocycles. The van der Waals surface area contributed by atoms with Crippen LogP contribution in [-0.2, 0) is 6.54 Å². The Kier molecular flexibility index (Phi) is 11.1. The van der Waals surface area contributed by atoms with Crippen LogP contribution in [0.15, 0.2) is 83.2 Å². The van der Waals surface area contributed by atoms with Crippen LogP contribution in [0.25, 0.3) is 10.2 Å². The molecular weight excluding hydrogens is 803 g/mol. The van der Waals surface area contributed by atoms with E-state index < -0.39 is 0 Å². The fourth-order valence-electron chi connectivity index (χ4n) is 3.33. The van der Waals surface area contributed by atoms with Gasteiger partial charge in [0.15, 0.2) is 0 Å². The van der Waals surface area contributed by atoms with Crippen LogP contribution in [-0.4, -0.2) is 19.7 Å². The zero-order valence-corrected chi connectivity index (χ0v) is 27.6. The van der Waals surface area contributed by atoms with Gasteiger partial charge < -0.3 is 0 Å². The van der Waals surface area contributed by atoms with Crippen molar-refractivity contribution in [3.8, 4) is 0 Å². The van der Waals surface area contributed by atoms with Gasteiger partial charge in [-0.15, -0.1) is 0 Å². The fraction of sp³-hybridized carbons (Fsp3) is 0.200. The quantitative estimate of drug-likeness (QED) is 0.0925. The predicted octanol–water partition coefficient (Wildman–Crippen LogP) is 4.01. The molecule has 8 heteroatoms. The second-order valence-corrected chi connectivity index (χ2v) is 29.5. The second kappa shape index (κ2) is 13.3. The van der Waals surface area contributed by atoms with Crippen LogP contribution in [0.4, 0.5) is 0 Å². The molecule has 0 spiro atoms. The molecule has 0 aliphatic rings. The van der Waals surface area contributed by atoms with Crippen LogP contribution in [0.1, 0.15) is 29.8 Å². The predicted molar refractivity (Wildman–Crippen MR) is 157 cm³/mol. The van der Waals surface area contributed by atoms with Crippen molar-refractivity contribution in [2.45, 2.75) is 36.0 Å². The number of hydrogen-bond acceptors (Lipinski definition) is 3. The van der Waals surface area contributed by atoms with Gasteiger partial charge in [-0.3, -0.25) is 4.79 Å². The Morgan fingerprint density at radius 3 is 2.27 bits per heavy atom. The zero-order chi connectivity index (χ0) is 23.8. The number of nitrogens with zero attached hydrogens (tertiary/aromatic N) is 1. The minimum atomic E-state index is 0.0386. The first kappa shape index (κ1) is 27.6. The number of benzene rings is 3. The van der Waals surface area contributed by atoms with Crippen molar-refractivity contribution in [2.24, 2.45) is 0 Å². The number of carbonyl (C=O) groups excluding carboxylic acids is 1. The summed E-state index contributed by atoms with van der Waals surface area (Å²) >= 11 is 8.95. The number of ketones is 1. The first-order chi connectivity index (χ1) is 15.8. The van der Waals surface area contributed by atoms with E-state index in [0.717, 1.165) is 11.1 Å². The van der Waals surface area contributed by atoms with E-state index in [0.29, 0.717) is 29.3 Å². The average molecular weight is 827 g/mol. The molecule has 1 heterocycles. The van der Waals surface area contributed by atoms with Crippen LogP contribution in [0, 0.1) is 6.92 Å². The summed E-state index contributed by atoms with van der Waals surface area (Å²) in [6.07, 6.45) is 0. The number of para-hydroxylation sites is 1. The monoisotopic (exact) mass is 827 g/mol. The number of aryl methyl sites for hydroxylation is 1. The number of rotatable bonds is 7. The van der Waals surface area contributed by atoms with Crippen molar-refractivity contribution < 1.29 is 22.6 Å². The first-order valence-corrected chi connectivity index (χ1v) is 25.4. The standard InChI is InChI=1S/C25H24NOS2Si.I3/c1-18-13-15-19(16-14-18)22(27)17-26-21-11-7-8-12-23(21)28-24(26)29-25(2,3)30-20-9-5-4-6-10-20;1-3-2/h4-16H,17H2,1-3H3;/q+1;-1. The number of Topliss-reactive ketones (excluding diaryl/α,β-unsaturated/α-hetero) is 1. The molecule has 3 aromatic carbocycles. The van der Waals surface area contributed by atoms with E-state index in [-0.39, 0.29) is 10.2 Å². The topological polar surface area (TPSA) is 20.9 Å². The second-order valence-electron chi connectivity index (χ2n) is 7.87. The number of aromatic nitrogens is 1. The Morgan fingerprint density at radius 2 is 1.61 bits per heavy atom. The molecule has 0 unspecified atom stereocenters. The Morgan fingerprint density at radius 1 is 1.00 bits per heavy atom. The molecule has 0 saturated carbocycles. The Balaban J connectivity index is 0.000000968. The van der Waals surface area contributed by atoms with Crippen molar-refractivity contribution in [1.29, 1.82) is 0 Å². The number of thiazole rings is 1. The van der Waals surface area contributed by atoms with Crippen molar-refractivity contribution in [2.75, 3.05) is 0 Å². The van der Waals surface area contributed by atoms with Crippen LogP contribution in [0.5, 0.6) is 0 Å². The molecule has 2 radical (unpaired) electrons. The molecule has 33 heavy (non-hydrogen) atoms. The van der Waals surface area contributed by atoms with Crippen LogP contribution < -0.4 is 23.0 Å². The molecule has 1 aromatic heterocycles. The van der Waals surface area contributed by atoms with Gasteiger partial charge in [0.25, 0.3) is 4.34 Å². The fourth-order valence-corrected chi connectivity index (χ4v) is 8.11. The molecule has 4 aromatic rings. The van der Waals surface area contributed by atoms with Crippen molar-refractivity contribution >= 4 is 91.0 Å². The number of carbonyl (C=O) groups is 1. The van der Waals surface area contributed by atoms with Crippen molar-refractivity contribution in [3.05, 3.63) is 90.0 Å². The van der Waals surface area contributed by atoms with E-state index >= 15 is 0 Å². The zero-order valence-electron chi connectivity index (χ0n) is 18.5. The summed E-state index contributed by atoms with van der Waals surface area (Å²) in [7, 11) is 0.679. The van der Waals surface area contributed by atoms with Gasteiger partial charge in [-0.25, -0.2) is 0 Å². The van der Waals surface area contributed by atoms with Gasteiger partial charge in [-0.05, 0) is 24.8 Å². The van der Waals surface area contributed by atoms with Gasteiger partial charge in [-0.2, -0.15) is 4.57 Å². The van der Waals surface area contributed by atoms with Crippen LogP contribution in [0.3, 0.4) is 0 Å². The third-order valence-electron chi connectivity index (χ3n) is 4.81. The van der Waals surface area contributed by atoms with E-state index in [2.05, 4.69) is 104 Å². The average Bonchev–Trinajstić information content (AvgIpc) is 3.11. The Hall–Kier alpha value is -0.0231. The van der Waals surface area contributed by atoms with E-state index in [9.17, 15) is 4.79 Å². The van der Waals surface area contributed by atoms with Gasteiger partial charge in [0.05, 0.1) is 0 Å². The van der Waals surface area contributed by atoms with Crippen molar-refractivity contribution in [3.63, 3.8) is 0 Å². The van der Waals surface area contributed by atoms with E-state index in [4.69, 9.17) is 0 Å². The maximum absolute atomic E-state index is 13.1. The van der Waals surface area contributed by atoms with E-state index in [1.165, 1.54) is 19.8 Å². The molecule has 0 atom stereocenters. The van der Waals surface area contributed by atoms with Gasteiger partial charge >= 0.3 is 50.5 Å². The van der Waals surface area contributed by atoms with E-state index in [1.54, 1.807) is 11.3 Å². The summed E-state index contributed by atoms with van der Waals surface area (Å²) in [5.41, 5.74) is 3.06. The summed E-state index contributed by atoms with van der Waals surface area (Å²) in [4.78, 5) is 13.1. The molecule has 0 fully saturated rings. The Bertz CT molecular complexity index is 1200. The summed E-state index contributed by atoms with van der Waals surface area (Å²) in [5.74, 6) is 0.147. The van der Waals surface area contributed by atoms with Crippen LogP contribution >= 0.6 is 60.3 Å². The summed E-state index contributed by atoms with van der Waals surface area (Å²) in [5, 5.41) is 1.36. The number of fused-ring (bicyclic) bond motifs is 1. The van der Waals surface area contributed by atoms with Gasteiger partial charge in [0.2, 0.25) is 17.8 Å². The third kappa shape index (κ3) is 8.26. The number of thioether (sulfide) groups is 1. The molecule has 0 aliphatic heterocycles. The van der Waals surface area contributed by atoms with Crippen molar-refractivity contribution in [1.82, 2.24) is 0 Å². The molecule has 0 N–H and O–H groups in total. The molecule has 172 valence electrons. The minimum absolute atomic E-state index is 0.0386. The Labute approximate surface area is 236 Å². The molecule has 0 bridgehead atoms. The SMILES string of the molecule is Cc1ccc(C(=O)C[n+]2c(SC(C)(C)[Si]c3ccccc3)sc3ccccc32)cc1.I[I-]I. The molecule has 0 amide bonds.